The molecule has 10 heavy (non-hydrogen) atoms. The van der Waals surface area contributed by atoms with Gasteiger partial charge in [-0.3, -0.25) is 0 Å². The Morgan fingerprint density at radius 3 is 2.60 bits per heavy atom. The first-order valence-electron chi connectivity index (χ1n) is 3.98. The van der Waals surface area contributed by atoms with E-state index in [0.717, 1.165) is 6.54 Å². The van der Waals surface area contributed by atoms with Crippen LogP contribution in [0.4, 0.5) is 0 Å². The van der Waals surface area contributed by atoms with Crippen molar-refractivity contribution in [3.8, 4) is 0 Å². The first-order chi connectivity index (χ1) is 4.91. The largest absolute Gasteiger partial charge is 0.242 e. The fraction of sp³-hybridized carbons (Fsp3) is 0.857. The van der Waals surface area contributed by atoms with Gasteiger partial charge in [-0.05, 0) is 32.1 Å². The van der Waals surface area contributed by atoms with Crippen LogP contribution < -0.4 is 16.4 Å². The van der Waals surface area contributed by atoms with Gasteiger partial charge in [0, 0.05) is 12.1 Å². The lowest BCUT2D eigenvalue weighted by Gasteiger charge is -2.31. The molecule has 2 aliphatic rings. The van der Waals surface area contributed by atoms with Crippen LogP contribution in [0.5, 0.6) is 0 Å². The molecule has 1 aliphatic heterocycles. The number of hydrazine groups is 2. The van der Waals surface area contributed by atoms with Crippen molar-refractivity contribution < 1.29 is 0 Å². The molecule has 0 aromatic rings. The van der Waals surface area contributed by atoms with Gasteiger partial charge in [0.15, 0.2) is 0 Å². The van der Waals surface area contributed by atoms with Crippen LogP contribution in [0.3, 0.4) is 0 Å². The molecule has 1 heterocycles. The molecule has 2 fully saturated rings. The Labute approximate surface area is 61.5 Å². The maximum absolute atomic E-state index is 3.29. The third kappa shape index (κ3) is 1.05. The zero-order valence-corrected chi connectivity index (χ0v) is 6.11. The molecule has 1 aliphatic carbocycles. The van der Waals surface area contributed by atoms with E-state index in [1.165, 1.54) is 25.7 Å². The summed E-state index contributed by atoms with van der Waals surface area (Å²) >= 11 is 0. The van der Waals surface area contributed by atoms with Crippen molar-refractivity contribution in [1.82, 2.24) is 16.4 Å². The molecule has 0 aromatic carbocycles. The third-order valence-electron chi connectivity index (χ3n) is 2.50. The molecule has 2 rings (SSSR count). The number of hydrogen-bond donors (Lipinski definition) is 3. The smallest absolute Gasteiger partial charge is 0.0475 e. The molecular formula is C7H14N3. The minimum Gasteiger partial charge on any atom is -0.242 e. The summed E-state index contributed by atoms with van der Waals surface area (Å²) in [5, 5.41) is 0. The van der Waals surface area contributed by atoms with Crippen molar-refractivity contribution in [2.24, 2.45) is 0 Å². The highest BCUT2D eigenvalue weighted by Crippen LogP contribution is 2.27. The molecule has 1 saturated heterocycles. The quantitative estimate of drug-likeness (QED) is 0.447. The second kappa shape index (κ2) is 2.49. The van der Waals surface area contributed by atoms with E-state index < -0.39 is 0 Å². The van der Waals surface area contributed by atoms with E-state index in [1.54, 1.807) is 0 Å². The monoisotopic (exact) mass is 140 g/mol. The van der Waals surface area contributed by atoms with Gasteiger partial charge < -0.3 is 0 Å². The Morgan fingerprint density at radius 2 is 2.00 bits per heavy atom. The molecule has 0 aromatic heterocycles. The van der Waals surface area contributed by atoms with E-state index in [2.05, 4.69) is 22.8 Å². The zero-order chi connectivity index (χ0) is 6.86. The lowest BCUT2D eigenvalue weighted by molar-refractivity contribution is 0.296. The van der Waals surface area contributed by atoms with Gasteiger partial charge in [-0.25, -0.2) is 10.9 Å². The van der Waals surface area contributed by atoms with Crippen LogP contribution in [0.15, 0.2) is 0 Å². The molecular weight excluding hydrogens is 126 g/mol. The van der Waals surface area contributed by atoms with Gasteiger partial charge in [-0.15, -0.1) is 0 Å². The van der Waals surface area contributed by atoms with Gasteiger partial charge in [-0.2, -0.15) is 5.53 Å². The van der Waals surface area contributed by atoms with Gasteiger partial charge in [0.2, 0.25) is 0 Å². The van der Waals surface area contributed by atoms with Crippen LogP contribution in [0.25, 0.3) is 0 Å². The standard InChI is InChI=1S/C7H14N3/c1-2-4-7(5-3-1)6-8-10-9-7/h1,8-10H,2-6H2. The molecule has 3 N–H and O–H groups in total. The van der Waals surface area contributed by atoms with Crippen LogP contribution in [0, 0.1) is 6.42 Å². The average Bonchev–Trinajstić information content (AvgIpc) is 2.39. The first kappa shape index (κ1) is 6.58. The molecule has 1 saturated carbocycles. The lowest BCUT2D eigenvalue weighted by atomic mass is 9.83. The minimum atomic E-state index is 0.370. The van der Waals surface area contributed by atoms with Crippen LogP contribution in [-0.4, -0.2) is 12.1 Å². The summed E-state index contributed by atoms with van der Waals surface area (Å²) in [6.07, 6.45) is 7.44. The minimum absolute atomic E-state index is 0.370. The summed E-state index contributed by atoms with van der Waals surface area (Å²) < 4.78 is 0. The van der Waals surface area contributed by atoms with E-state index in [4.69, 9.17) is 0 Å². The topological polar surface area (TPSA) is 36.1 Å². The summed E-state index contributed by atoms with van der Waals surface area (Å²) in [6, 6.07) is 0. The number of nitrogens with one attached hydrogen (secondary N) is 3. The van der Waals surface area contributed by atoms with Crippen LogP contribution in [-0.2, 0) is 0 Å². The van der Waals surface area contributed by atoms with Gasteiger partial charge >= 0.3 is 0 Å². The Morgan fingerprint density at radius 1 is 1.20 bits per heavy atom. The van der Waals surface area contributed by atoms with Crippen LogP contribution in [0.2, 0.25) is 0 Å². The second-order valence-electron chi connectivity index (χ2n) is 3.25. The summed E-state index contributed by atoms with van der Waals surface area (Å²) in [4.78, 5) is 0. The van der Waals surface area contributed by atoms with Crippen LogP contribution in [0.1, 0.15) is 25.7 Å². The van der Waals surface area contributed by atoms with Crippen molar-refractivity contribution in [2.75, 3.05) is 6.54 Å². The molecule has 0 unspecified atom stereocenters. The molecule has 0 amide bonds. The maximum Gasteiger partial charge on any atom is 0.0475 e. The van der Waals surface area contributed by atoms with Crippen LogP contribution >= 0.6 is 0 Å². The molecule has 3 nitrogen and oxygen atoms in total. The van der Waals surface area contributed by atoms with E-state index in [-0.39, 0.29) is 0 Å². The predicted octanol–water partition coefficient (Wildman–Crippen LogP) is 0.116. The normalized spacial score (nSPS) is 31.2. The summed E-state index contributed by atoms with van der Waals surface area (Å²) in [5.74, 6) is 0. The lowest BCUT2D eigenvalue weighted by Crippen LogP contribution is -2.46. The molecule has 3 heteroatoms. The molecule has 0 bridgehead atoms. The van der Waals surface area contributed by atoms with Crippen molar-refractivity contribution in [3.63, 3.8) is 0 Å². The Kier molecular flexibility index (Phi) is 1.64. The van der Waals surface area contributed by atoms with E-state index in [1.807, 2.05) is 0 Å². The summed E-state index contributed by atoms with van der Waals surface area (Å²) in [6.45, 7) is 1.07. The van der Waals surface area contributed by atoms with E-state index in [9.17, 15) is 0 Å². The highest BCUT2D eigenvalue weighted by molar-refractivity contribution is 4.97. The predicted molar refractivity (Wildman–Crippen MR) is 39.8 cm³/mol. The molecule has 1 radical (unpaired) electrons. The van der Waals surface area contributed by atoms with Gasteiger partial charge in [0.05, 0.1) is 0 Å². The molecule has 57 valence electrons. The van der Waals surface area contributed by atoms with E-state index >= 15 is 0 Å². The van der Waals surface area contributed by atoms with Gasteiger partial charge in [-0.1, -0.05) is 0 Å². The number of hydrogen-bond acceptors (Lipinski definition) is 3. The molecule has 0 atom stereocenters. The second-order valence-corrected chi connectivity index (χ2v) is 3.25. The maximum atomic E-state index is 3.29. The molecule has 1 spiro atoms. The van der Waals surface area contributed by atoms with Crippen molar-refractivity contribution >= 4 is 0 Å². The highest BCUT2D eigenvalue weighted by Gasteiger charge is 2.34. The van der Waals surface area contributed by atoms with Crippen molar-refractivity contribution in [1.29, 1.82) is 0 Å². The Hall–Kier alpha value is -0.120. The third-order valence-corrected chi connectivity index (χ3v) is 2.50. The number of rotatable bonds is 0. The Balaban J connectivity index is 1.98. The summed E-state index contributed by atoms with van der Waals surface area (Å²) in [7, 11) is 0. The first-order valence-corrected chi connectivity index (χ1v) is 3.98. The Bertz CT molecular complexity index is 110. The fourth-order valence-electron chi connectivity index (χ4n) is 1.76. The van der Waals surface area contributed by atoms with Crippen molar-refractivity contribution in [3.05, 3.63) is 6.42 Å². The van der Waals surface area contributed by atoms with Gasteiger partial charge in [0.25, 0.3) is 0 Å². The SMILES string of the molecule is [CH]1CCC2(CC1)CNNN2. The average molecular weight is 140 g/mol. The van der Waals surface area contributed by atoms with E-state index in [0.29, 0.717) is 5.54 Å². The van der Waals surface area contributed by atoms with Crippen molar-refractivity contribution in [2.45, 2.75) is 31.2 Å². The fourth-order valence-corrected chi connectivity index (χ4v) is 1.76. The zero-order valence-electron chi connectivity index (χ0n) is 6.11. The summed E-state index contributed by atoms with van der Waals surface area (Å²) in [5.41, 5.74) is 9.74. The van der Waals surface area contributed by atoms with Gasteiger partial charge in [0.1, 0.15) is 0 Å². The highest BCUT2D eigenvalue weighted by atomic mass is 15.7.